The number of aliphatic carboxylic acids is 2. The first-order valence-corrected chi connectivity index (χ1v) is 6.07. The highest BCUT2D eigenvalue weighted by molar-refractivity contribution is 5.77. The number of hydrogen-bond donors (Lipinski definition) is 3. The second kappa shape index (κ2) is 5.81. The topological polar surface area (TPSA) is 89.9 Å². The lowest BCUT2D eigenvalue weighted by molar-refractivity contribution is -0.143. The highest BCUT2D eigenvalue weighted by Crippen LogP contribution is 2.22. The van der Waals surface area contributed by atoms with E-state index in [-0.39, 0.29) is 13.0 Å². The molecule has 0 bridgehead atoms. The van der Waals surface area contributed by atoms with Gasteiger partial charge in [-0.3, -0.25) is 9.59 Å². The Morgan fingerprint density at radius 3 is 2.47 bits per heavy atom. The average Bonchev–Trinajstić information content (AvgIpc) is 2.82. The summed E-state index contributed by atoms with van der Waals surface area (Å²) in [4.78, 5) is 22.1. The van der Waals surface area contributed by atoms with Gasteiger partial charge in [-0.15, -0.1) is 0 Å². The summed E-state index contributed by atoms with van der Waals surface area (Å²) in [7, 11) is 0. The molecule has 0 amide bonds. The minimum absolute atomic E-state index is 0.131. The molecule has 3 N–H and O–H groups in total. The summed E-state index contributed by atoms with van der Waals surface area (Å²) < 4.78 is 0. The highest BCUT2D eigenvalue weighted by atomic mass is 16.4. The molecule has 19 heavy (non-hydrogen) atoms. The monoisotopic (exact) mass is 264 g/mol. The molecule has 0 radical (unpaired) electrons. The zero-order chi connectivity index (χ0) is 13.8. The molecule has 1 aromatic rings. The van der Waals surface area contributed by atoms with Crippen molar-refractivity contribution in [3.63, 3.8) is 0 Å². The lowest BCUT2D eigenvalue weighted by Gasteiger charge is -2.22. The minimum Gasteiger partial charge on any atom is -0.481 e. The zero-order valence-electron chi connectivity index (χ0n) is 10.3. The lowest BCUT2D eigenvalue weighted by Crippen LogP contribution is -2.45. The molecule has 1 aromatic carbocycles. The number of carboxylic acid groups (broad SMARTS) is 2. The van der Waals surface area contributed by atoms with Crippen LogP contribution in [0.2, 0.25) is 0 Å². The van der Waals surface area contributed by atoms with Crippen LogP contribution in [0.25, 0.3) is 0 Å². The van der Waals surface area contributed by atoms with Crippen molar-refractivity contribution in [1.82, 2.24) is 10.4 Å². The number of nitrogens with zero attached hydrogens (tertiary/aromatic N) is 1. The number of carbonyl (C=O) groups is 2. The molecule has 102 valence electrons. The fourth-order valence-corrected chi connectivity index (χ4v) is 2.21. The molecule has 0 aromatic heterocycles. The molecule has 1 aliphatic heterocycles. The molecule has 0 aliphatic carbocycles. The zero-order valence-corrected chi connectivity index (χ0v) is 10.3. The third-order valence-electron chi connectivity index (χ3n) is 3.26. The Kier molecular flexibility index (Phi) is 4.13. The predicted octanol–water partition coefficient (Wildman–Crippen LogP) is 0.551. The number of benzene rings is 1. The Morgan fingerprint density at radius 1 is 1.21 bits per heavy atom. The van der Waals surface area contributed by atoms with E-state index in [4.69, 9.17) is 10.2 Å². The largest absolute Gasteiger partial charge is 0.481 e. The molecule has 1 fully saturated rings. The van der Waals surface area contributed by atoms with E-state index >= 15 is 0 Å². The standard InChI is InChI=1S/C13H16N2O4/c16-12(17)10-6-11(13(18)19)15(8-10)14-7-9-4-2-1-3-5-9/h1-5,10-11,14H,6-8H2,(H,16,17)(H,18,19)/t10-,11-/m1/s1. The van der Waals surface area contributed by atoms with Crippen LogP contribution in [0.1, 0.15) is 12.0 Å². The van der Waals surface area contributed by atoms with Gasteiger partial charge in [0.15, 0.2) is 0 Å². The van der Waals surface area contributed by atoms with Gasteiger partial charge in [0.25, 0.3) is 0 Å². The number of rotatable bonds is 5. The molecule has 0 spiro atoms. The highest BCUT2D eigenvalue weighted by Gasteiger charge is 2.40. The summed E-state index contributed by atoms with van der Waals surface area (Å²) in [5.74, 6) is -2.58. The van der Waals surface area contributed by atoms with E-state index in [1.54, 1.807) is 0 Å². The predicted molar refractivity (Wildman–Crippen MR) is 67.2 cm³/mol. The summed E-state index contributed by atoms with van der Waals surface area (Å²) in [5, 5.41) is 19.6. The fourth-order valence-electron chi connectivity index (χ4n) is 2.21. The van der Waals surface area contributed by atoms with Crippen molar-refractivity contribution >= 4 is 11.9 Å². The van der Waals surface area contributed by atoms with E-state index in [1.165, 1.54) is 5.01 Å². The van der Waals surface area contributed by atoms with Crippen LogP contribution in [0.5, 0.6) is 0 Å². The van der Waals surface area contributed by atoms with Crippen molar-refractivity contribution < 1.29 is 19.8 Å². The third kappa shape index (κ3) is 3.30. The van der Waals surface area contributed by atoms with Gasteiger partial charge in [-0.2, -0.15) is 0 Å². The Morgan fingerprint density at radius 2 is 1.89 bits per heavy atom. The Hall–Kier alpha value is -1.92. The van der Waals surface area contributed by atoms with Crippen molar-refractivity contribution in [2.24, 2.45) is 5.92 Å². The summed E-state index contributed by atoms with van der Waals surface area (Å²) in [6.45, 7) is 0.691. The maximum absolute atomic E-state index is 11.1. The molecule has 2 atom stereocenters. The first kappa shape index (κ1) is 13.5. The van der Waals surface area contributed by atoms with Crippen LogP contribution in [0.4, 0.5) is 0 Å². The van der Waals surface area contributed by atoms with Gasteiger partial charge >= 0.3 is 11.9 Å². The molecule has 1 heterocycles. The van der Waals surface area contributed by atoms with Gasteiger partial charge in [0.1, 0.15) is 6.04 Å². The number of nitrogens with one attached hydrogen (secondary N) is 1. The summed E-state index contributed by atoms with van der Waals surface area (Å²) in [6.07, 6.45) is 0.131. The molecule has 2 rings (SSSR count). The third-order valence-corrected chi connectivity index (χ3v) is 3.26. The van der Waals surface area contributed by atoms with Gasteiger partial charge in [0.05, 0.1) is 5.92 Å². The summed E-state index contributed by atoms with van der Waals surface area (Å²) >= 11 is 0. The normalized spacial score (nSPS) is 23.4. The second-order valence-corrected chi connectivity index (χ2v) is 4.60. The summed E-state index contributed by atoms with van der Waals surface area (Å²) in [6, 6.07) is 8.76. The van der Waals surface area contributed by atoms with Crippen molar-refractivity contribution in [2.45, 2.75) is 19.0 Å². The van der Waals surface area contributed by atoms with E-state index in [1.807, 2.05) is 30.3 Å². The molecule has 6 heteroatoms. The maximum atomic E-state index is 11.1. The average molecular weight is 264 g/mol. The number of hydrogen-bond acceptors (Lipinski definition) is 4. The molecule has 1 aliphatic rings. The van der Waals surface area contributed by atoms with E-state index < -0.39 is 23.9 Å². The van der Waals surface area contributed by atoms with E-state index in [0.717, 1.165) is 5.56 Å². The smallest absolute Gasteiger partial charge is 0.322 e. The Balaban J connectivity index is 1.97. The van der Waals surface area contributed by atoms with Gasteiger partial charge in [-0.1, -0.05) is 30.3 Å². The molecule has 0 saturated carbocycles. The molecule has 6 nitrogen and oxygen atoms in total. The van der Waals surface area contributed by atoms with Crippen LogP contribution in [0.3, 0.4) is 0 Å². The first-order chi connectivity index (χ1) is 9.08. The van der Waals surface area contributed by atoms with Crippen LogP contribution in [0.15, 0.2) is 30.3 Å². The van der Waals surface area contributed by atoms with E-state index in [9.17, 15) is 9.59 Å². The van der Waals surface area contributed by atoms with Crippen molar-refractivity contribution in [2.75, 3.05) is 6.54 Å². The van der Waals surface area contributed by atoms with Crippen molar-refractivity contribution in [3.8, 4) is 0 Å². The number of carboxylic acids is 2. The van der Waals surface area contributed by atoms with Crippen LogP contribution >= 0.6 is 0 Å². The minimum atomic E-state index is -0.996. The quantitative estimate of drug-likeness (QED) is 0.719. The SMILES string of the molecule is O=C(O)[C@@H]1C[C@H](C(=O)O)N(NCc2ccccc2)C1. The Bertz CT molecular complexity index is 463. The molecule has 0 unspecified atom stereocenters. The maximum Gasteiger partial charge on any atom is 0.322 e. The summed E-state index contributed by atoms with van der Waals surface area (Å²) in [5.41, 5.74) is 4.02. The lowest BCUT2D eigenvalue weighted by atomic mass is 10.1. The van der Waals surface area contributed by atoms with Gasteiger partial charge in [0, 0.05) is 13.1 Å². The van der Waals surface area contributed by atoms with E-state index in [2.05, 4.69) is 5.43 Å². The van der Waals surface area contributed by atoms with Gasteiger partial charge in [0.2, 0.25) is 0 Å². The molecular weight excluding hydrogens is 248 g/mol. The van der Waals surface area contributed by atoms with Crippen LogP contribution in [-0.4, -0.2) is 39.7 Å². The fraction of sp³-hybridized carbons (Fsp3) is 0.385. The van der Waals surface area contributed by atoms with Crippen LogP contribution < -0.4 is 5.43 Å². The first-order valence-electron chi connectivity index (χ1n) is 6.07. The van der Waals surface area contributed by atoms with Gasteiger partial charge < -0.3 is 10.2 Å². The Labute approximate surface area is 110 Å². The van der Waals surface area contributed by atoms with Crippen LogP contribution in [-0.2, 0) is 16.1 Å². The molecular formula is C13H16N2O4. The number of hydrazine groups is 1. The van der Waals surface area contributed by atoms with E-state index in [0.29, 0.717) is 6.54 Å². The van der Waals surface area contributed by atoms with Crippen LogP contribution in [0, 0.1) is 5.92 Å². The molecule has 1 saturated heterocycles. The van der Waals surface area contributed by atoms with Gasteiger partial charge in [-0.05, 0) is 12.0 Å². The van der Waals surface area contributed by atoms with Crippen molar-refractivity contribution in [1.29, 1.82) is 0 Å². The second-order valence-electron chi connectivity index (χ2n) is 4.60. The van der Waals surface area contributed by atoms with Crippen molar-refractivity contribution in [3.05, 3.63) is 35.9 Å². The van der Waals surface area contributed by atoms with Gasteiger partial charge in [-0.25, -0.2) is 10.4 Å².